The number of rotatable bonds is 5. The summed E-state index contributed by atoms with van der Waals surface area (Å²) in [6, 6.07) is 8.11. The molecule has 1 aliphatic heterocycles. The Labute approximate surface area is 130 Å². The molecule has 0 aromatic heterocycles. The third-order valence-electron chi connectivity index (χ3n) is 3.65. The topological polar surface area (TPSA) is 65.0 Å². The zero-order valence-corrected chi connectivity index (χ0v) is 13.3. The first-order chi connectivity index (χ1) is 10.5. The molecule has 0 saturated heterocycles. The lowest BCUT2D eigenvalue weighted by atomic mass is 10.1. The van der Waals surface area contributed by atoms with Gasteiger partial charge in [-0.25, -0.2) is 5.43 Å². The van der Waals surface area contributed by atoms with Crippen LogP contribution in [0.2, 0.25) is 0 Å². The monoisotopic (exact) mass is 302 g/mol. The van der Waals surface area contributed by atoms with Crippen molar-refractivity contribution < 1.29 is 9.59 Å². The largest absolute Gasteiger partial charge is 0.378 e. The zero-order valence-electron chi connectivity index (χ0n) is 13.3. The Morgan fingerprint density at radius 3 is 2.41 bits per heavy atom. The molecule has 6 heteroatoms. The smallest absolute Gasteiger partial charge is 0.270 e. The van der Waals surface area contributed by atoms with E-state index in [1.54, 1.807) is 4.90 Å². The number of carbonyl (C=O) groups is 2. The second kappa shape index (κ2) is 7.06. The lowest BCUT2D eigenvalue weighted by molar-refractivity contribution is -0.125. The van der Waals surface area contributed by atoms with Crippen LogP contribution in [0, 0.1) is 0 Å². The van der Waals surface area contributed by atoms with Crippen LogP contribution in [0.5, 0.6) is 0 Å². The fraction of sp³-hybridized carbons (Fsp3) is 0.438. The highest BCUT2D eigenvalue weighted by Crippen LogP contribution is 2.14. The summed E-state index contributed by atoms with van der Waals surface area (Å²) in [6.45, 7) is 3.07. The first-order valence-electron chi connectivity index (χ1n) is 7.42. The van der Waals surface area contributed by atoms with E-state index >= 15 is 0 Å². The van der Waals surface area contributed by atoms with Gasteiger partial charge in [0.15, 0.2) is 0 Å². The van der Waals surface area contributed by atoms with E-state index in [9.17, 15) is 9.59 Å². The second-order valence-electron chi connectivity index (χ2n) is 5.47. The second-order valence-corrected chi connectivity index (χ2v) is 5.47. The van der Waals surface area contributed by atoms with Crippen LogP contribution >= 0.6 is 0 Å². The maximum atomic E-state index is 12.5. The highest BCUT2D eigenvalue weighted by molar-refractivity contribution is 6.39. The Kier molecular flexibility index (Phi) is 5.14. The predicted octanol–water partition coefficient (Wildman–Crippen LogP) is 1.37. The van der Waals surface area contributed by atoms with Crippen LogP contribution in [0.1, 0.15) is 25.3 Å². The number of benzene rings is 1. The van der Waals surface area contributed by atoms with Gasteiger partial charge in [0.25, 0.3) is 5.91 Å². The summed E-state index contributed by atoms with van der Waals surface area (Å²) < 4.78 is 0. The quantitative estimate of drug-likeness (QED) is 0.893. The molecule has 0 saturated carbocycles. The van der Waals surface area contributed by atoms with Gasteiger partial charge in [0, 0.05) is 45.7 Å². The van der Waals surface area contributed by atoms with Crippen LogP contribution in [0.3, 0.4) is 0 Å². The van der Waals surface area contributed by atoms with E-state index in [1.165, 1.54) is 0 Å². The molecule has 0 unspecified atom stereocenters. The van der Waals surface area contributed by atoms with Gasteiger partial charge in [-0.2, -0.15) is 5.10 Å². The van der Waals surface area contributed by atoms with E-state index in [4.69, 9.17) is 0 Å². The number of carbonyl (C=O) groups excluding carboxylic acids is 2. The summed E-state index contributed by atoms with van der Waals surface area (Å²) in [4.78, 5) is 27.3. The number of amides is 2. The number of hydrogen-bond acceptors (Lipinski definition) is 4. The molecule has 6 nitrogen and oxygen atoms in total. The molecular weight excluding hydrogens is 280 g/mol. The molecule has 2 rings (SSSR count). The summed E-state index contributed by atoms with van der Waals surface area (Å²) in [6.07, 6.45) is 0.723. The third kappa shape index (κ3) is 3.84. The Bertz CT molecular complexity index is 578. The summed E-state index contributed by atoms with van der Waals surface area (Å²) in [7, 11) is 3.98. The molecule has 22 heavy (non-hydrogen) atoms. The normalized spacial score (nSPS) is 14.1. The number of nitrogens with one attached hydrogen (secondary N) is 1. The van der Waals surface area contributed by atoms with Crippen LogP contribution in [0.4, 0.5) is 5.69 Å². The van der Waals surface area contributed by atoms with E-state index in [2.05, 4.69) is 10.5 Å². The highest BCUT2D eigenvalue weighted by atomic mass is 16.2. The van der Waals surface area contributed by atoms with E-state index in [1.807, 2.05) is 50.2 Å². The van der Waals surface area contributed by atoms with Gasteiger partial charge < -0.3 is 9.80 Å². The molecule has 1 N–H and O–H groups in total. The van der Waals surface area contributed by atoms with Crippen molar-refractivity contribution in [2.24, 2.45) is 5.10 Å². The Balaban J connectivity index is 2.05. The highest BCUT2D eigenvalue weighted by Gasteiger charge is 2.22. The van der Waals surface area contributed by atoms with Crippen LogP contribution in [-0.4, -0.2) is 43.1 Å². The van der Waals surface area contributed by atoms with E-state index in [-0.39, 0.29) is 11.8 Å². The van der Waals surface area contributed by atoms with Crippen LogP contribution < -0.4 is 10.3 Å². The van der Waals surface area contributed by atoms with Crippen molar-refractivity contribution in [1.82, 2.24) is 10.3 Å². The lowest BCUT2D eigenvalue weighted by Gasteiger charge is -2.23. The number of nitrogens with zero attached hydrogens (tertiary/aromatic N) is 3. The average Bonchev–Trinajstić information content (AvgIpc) is 2.53. The van der Waals surface area contributed by atoms with Gasteiger partial charge >= 0.3 is 0 Å². The molecular formula is C16H22N4O2. The average molecular weight is 302 g/mol. The zero-order chi connectivity index (χ0) is 16.1. The first kappa shape index (κ1) is 16.0. The van der Waals surface area contributed by atoms with Gasteiger partial charge in [-0.1, -0.05) is 12.1 Å². The van der Waals surface area contributed by atoms with Crippen molar-refractivity contribution in [2.75, 3.05) is 25.5 Å². The molecule has 0 aliphatic carbocycles. The minimum atomic E-state index is -0.140. The Hall–Kier alpha value is -2.37. The predicted molar refractivity (Wildman–Crippen MR) is 86.7 cm³/mol. The Morgan fingerprint density at radius 2 is 1.91 bits per heavy atom. The molecule has 0 bridgehead atoms. The van der Waals surface area contributed by atoms with Gasteiger partial charge in [0.2, 0.25) is 5.91 Å². The summed E-state index contributed by atoms with van der Waals surface area (Å²) >= 11 is 0. The SMILES string of the molecule is CCN(Cc1ccc(N(C)C)cc1)C(=O)C1=NNC(=O)CC1. The Morgan fingerprint density at radius 1 is 1.23 bits per heavy atom. The third-order valence-corrected chi connectivity index (χ3v) is 3.65. The van der Waals surface area contributed by atoms with Crippen molar-refractivity contribution in [3.63, 3.8) is 0 Å². The van der Waals surface area contributed by atoms with Crippen molar-refractivity contribution in [2.45, 2.75) is 26.3 Å². The molecule has 1 heterocycles. The van der Waals surface area contributed by atoms with Gasteiger partial charge in [0.05, 0.1) is 0 Å². The van der Waals surface area contributed by atoms with Gasteiger partial charge in [0.1, 0.15) is 5.71 Å². The van der Waals surface area contributed by atoms with Crippen molar-refractivity contribution >= 4 is 23.2 Å². The molecule has 1 aromatic rings. The lowest BCUT2D eigenvalue weighted by Crippen LogP contribution is -2.39. The van der Waals surface area contributed by atoms with Crippen LogP contribution in [-0.2, 0) is 16.1 Å². The van der Waals surface area contributed by atoms with Crippen molar-refractivity contribution in [1.29, 1.82) is 0 Å². The van der Waals surface area contributed by atoms with E-state index in [0.29, 0.717) is 31.6 Å². The van der Waals surface area contributed by atoms with Crippen molar-refractivity contribution in [3.05, 3.63) is 29.8 Å². The van der Waals surface area contributed by atoms with Crippen LogP contribution in [0.25, 0.3) is 0 Å². The first-order valence-corrected chi connectivity index (χ1v) is 7.42. The number of hydrazone groups is 1. The number of hydrogen-bond donors (Lipinski definition) is 1. The number of anilines is 1. The maximum absolute atomic E-state index is 12.5. The van der Waals surface area contributed by atoms with Crippen molar-refractivity contribution in [3.8, 4) is 0 Å². The fourth-order valence-electron chi connectivity index (χ4n) is 2.26. The summed E-state index contributed by atoms with van der Waals surface area (Å²) in [5, 5.41) is 3.88. The molecule has 1 aromatic carbocycles. The molecule has 0 radical (unpaired) electrons. The minimum absolute atomic E-state index is 0.112. The molecule has 118 valence electrons. The molecule has 0 spiro atoms. The molecule has 2 amide bonds. The summed E-state index contributed by atoms with van der Waals surface area (Å²) in [5.41, 5.74) is 4.99. The maximum Gasteiger partial charge on any atom is 0.270 e. The molecule has 0 fully saturated rings. The van der Waals surface area contributed by atoms with Gasteiger partial charge in [-0.3, -0.25) is 9.59 Å². The fourth-order valence-corrected chi connectivity index (χ4v) is 2.26. The van der Waals surface area contributed by atoms with Gasteiger partial charge in [-0.15, -0.1) is 0 Å². The molecule has 1 aliphatic rings. The summed E-state index contributed by atoms with van der Waals surface area (Å²) in [5.74, 6) is -0.252. The van der Waals surface area contributed by atoms with Crippen LogP contribution in [0.15, 0.2) is 29.4 Å². The van der Waals surface area contributed by atoms with E-state index < -0.39 is 0 Å². The van der Waals surface area contributed by atoms with E-state index in [0.717, 1.165) is 11.3 Å². The minimum Gasteiger partial charge on any atom is -0.378 e. The standard InChI is InChI=1S/C16H22N4O2/c1-4-20(16(22)14-9-10-15(21)18-17-14)11-12-5-7-13(8-6-12)19(2)3/h5-8H,4,9-11H2,1-3H3,(H,18,21). The molecule has 0 atom stereocenters. The van der Waals surface area contributed by atoms with Gasteiger partial charge in [-0.05, 0) is 24.6 Å².